The normalized spacial score (nSPS) is 10.4. The molecule has 0 saturated heterocycles. The van der Waals surface area contributed by atoms with Crippen LogP contribution in [-0.2, 0) is 22.7 Å². The van der Waals surface area contributed by atoms with Gasteiger partial charge in [-0.05, 0) is 29.8 Å². The van der Waals surface area contributed by atoms with Crippen molar-refractivity contribution in [3.63, 3.8) is 0 Å². The Morgan fingerprint density at radius 2 is 1.60 bits per heavy atom. The molecule has 0 atom stereocenters. The van der Waals surface area contributed by atoms with Gasteiger partial charge in [-0.15, -0.1) is 0 Å². The molecule has 2 aromatic carbocycles. The second-order valence-electron chi connectivity index (χ2n) is 6.31. The Morgan fingerprint density at radius 1 is 0.967 bits per heavy atom. The summed E-state index contributed by atoms with van der Waals surface area (Å²) in [6.45, 7) is 2.06. The van der Waals surface area contributed by atoms with Crippen LogP contribution < -0.4 is 0 Å². The van der Waals surface area contributed by atoms with Gasteiger partial charge in [0.2, 0.25) is 0 Å². The monoisotopic (exact) mass is 415 g/mol. The fourth-order valence-corrected chi connectivity index (χ4v) is 2.74. The van der Waals surface area contributed by atoms with Gasteiger partial charge in [-0.25, -0.2) is 14.0 Å². The van der Waals surface area contributed by atoms with Crippen molar-refractivity contribution in [2.24, 2.45) is 0 Å². The second-order valence-corrected chi connectivity index (χ2v) is 6.31. The van der Waals surface area contributed by atoms with Crippen molar-refractivity contribution in [3.05, 3.63) is 77.7 Å². The van der Waals surface area contributed by atoms with Gasteiger partial charge in [-0.1, -0.05) is 30.3 Å². The molecule has 0 radical (unpaired) electrons. The van der Waals surface area contributed by atoms with E-state index in [1.165, 1.54) is 17.7 Å². The summed E-state index contributed by atoms with van der Waals surface area (Å²) in [6.07, 6.45) is 1.79. The predicted molar refractivity (Wildman–Crippen MR) is 107 cm³/mol. The Morgan fingerprint density at radius 3 is 2.17 bits per heavy atom. The molecule has 30 heavy (non-hydrogen) atoms. The number of H-pyrrole nitrogens is 1. The summed E-state index contributed by atoms with van der Waals surface area (Å²) in [4.78, 5) is 20.4. The van der Waals surface area contributed by atoms with Crippen molar-refractivity contribution in [1.82, 2.24) is 15.1 Å². The molecule has 0 fully saturated rings. The third kappa shape index (κ3) is 7.12. The van der Waals surface area contributed by atoms with Crippen LogP contribution in [0.5, 0.6) is 0 Å². The van der Waals surface area contributed by atoms with E-state index in [1.54, 1.807) is 18.3 Å². The molecule has 0 saturated carbocycles. The lowest BCUT2D eigenvalue weighted by atomic mass is 10.1. The van der Waals surface area contributed by atoms with Gasteiger partial charge in [0.1, 0.15) is 5.82 Å². The van der Waals surface area contributed by atoms with Gasteiger partial charge in [0.15, 0.2) is 0 Å². The van der Waals surface area contributed by atoms with Gasteiger partial charge >= 0.3 is 11.9 Å². The lowest BCUT2D eigenvalue weighted by molar-refractivity contribution is -0.159. The maximum absolute atomic E-state index is 13.1. The number of carboxylic acids is 2. The lowest BCUT2D eigenvalue weighted by Crippen LogP contribution is -2.26. The molecular formula is C21H22FN3O5. The maximum Gasteiger partial charge on any atom is 0.414 e. The molecule has 158 valence electrons. The molecule has 0 aliphatic carbocycles. The van der Waals surface area contributed by atoms with E-state index in [0.29, 0.717) is 13.1 Å². The largest absolute Gasteiger partial charge is 0.473 e. The SMILES string of the molecule is O=C(O)C(=O)O.OCCN(Cc1ccccc1)Cc1cn[nH]c1-c1ccc(F)cc1. The van der Waals surface area contributed by atoms with Gasteiger partial charge in [-0.3, -0.25) is 10.00 Å². The van der Waals surface area contributed by atoms with E-state index in [9.17, 15) is 9.50 Å². The third-order valence-corrected chi connectivity index (χ3v) is 4.09. The lowest BCUT2D eigenvalue weighted by Gasteiger charge is -2.21. The zero-order valence-corrected chi connectivity index (χ0v) is 16.0. The van der Waals surface area contributed by atoms with Gasteiger partial charge in [0.25, 0.3) is 0 Å². The topological polar surface area (TPSA) is 127 Å². The quantitative estimate of drug-likeness (QED) is 0.436. The Labute approximate surface area is 172 Å². The second kappa shape index (κ2) is 11.4. The van der Waals surface area contributed by atoms with Crippen molar-refractivity contribution in [3.8, 4) is 11.3 Å². The molecule has 0 bridgehead atoms. The van der Waals surface area contributed by atoms with E-state index in [4.69, 9.17) is 19.8 Å². The molecule has 0 unspecified atom stereocenters. The maximum atomic E-state index is 13.1. The molecule has 8 nitrogen and oxygen atoms in total. The predicted octanol–water partition coefficient (Wildman–Crippen LogP) is 2.37. The van der Waals surface area contributed by atoms with Crippen LogP contribution in [0.15, 0.2) is 60.8 Å². The van der Waals surface area contributed by atoms with E-state index in [-0.39, 0.29) is 12.4 Å². The molecule has 3 rings (SSSR count). The summed E-state index contributed by atoms with van der Waals surface area (Å²) in [5.74, 6) is -3.91. The highest BCUT2D eigenvalue weighted by Crippen LogP contribution is 2.23. The van der Waals surface area contributed by atoms with Crippen LogP contribution >= 0.6 is 0 Å². The van der Waals surface area contributed by atoms with Crippen LogP contribution in [0.4, 0.5) is 4.39 Å². The standard InChI is InChI=1S/C19H20FN3O.C2H2O4/c20-18-8-6-16(7-9-18)19-17(12-21-22-19)14-23(10-11-24)13-15-4-2-1-3-5-15;3-1(4)2(5)6/h1-9,12,24H,10-11,13-14H2,(H,21,22);(H,3,4)(H,5,6). The molecule has 0 aliphatic heterocycles. The smallest absolute Gasteiger partial charge is 0.414 e. The number of nitrogens with one attached hydrogen (secondary N) is 1. The van der Waals surface area contributed by atoms with E-state index in [0.717, 1.165) is 23.4 Å². The molecule has 3 aromatic rings. The average Bonchev–Trinajstić information content (AvgIpc) is 3.18. The number of hydrogen-bond donors (Lipinski definition) is 4. The molecule has 4 N–H and O–H groups in total. The minimum Gasteiger partial charge on any atom is -0.473 e. The number of aliphatic hydroxyl groups excluding tert-OH is 1. The van der Waals surface area contributed by atoms with Crippen molar-refractivity contribution < 1.29 is 29.3 Å². The van der Waals surface area contributed by atoms with Gasteiger partial charge in [-0.2, -0.15) is 5.10 Å². The molecule has 9 heteroatoms. The summed E-state index contributed by atoms with van der Waals surface area (Å²) in [7, 11) is 0. The first kappa shape index (κ1) is 22.7. The summed E-state index contributed by atoms with van der Waals surface area (Å²) < 4.78 is 13.1. The number of aromatic nitrogens is 2. The van der Waals surface area contributed by atoms with E-state index < -0.39 is 11.9 Å². The highest BCUT2D eigenvalue weighted by molar-refractivity contribution is 6.27. The Bertz CT molecular complexity index is 933. The number of nitrogens with zero attached hydrogens (tertiary/aromatic N) is 2. The third-order valence-electron chi connectivity index (χ3n) is 4.09. The highest BCUT2D eigenvalue weighted by atomic mass is 19.1. The number of carbonyl (C=O) groups is 2. The van der Waals surface area contributed by atoms with Gasteiger partial charge in [0.05, 0.1) is 18.5 Å². The Hall–Kier alpha value is -3.56. The summed E-state index contributed by atoms with van der Waals surface area (Å²) in [6, 6.07) is 16.5. The van der Waals surface area contributed by atoms with Crippen molar-refractivity contribution >= 4 is 11.9 Å². The molecular weight excluding hydrogens is 393 g/mol. The molecule has 1 heterocycles. The number of carboxylic acid groups (broad SMARTS) is 2. The zero-order valence-electron chi connectivity index (χ0n) is 16.0. The summed E-state index contributed by atoms with van der Waals surface area (Å²) in [5, 5.41) is 31.3. The van der Waals surface area contributed by atoms with Crippen LogP contribution in [0.3, 0.4) is 0 Å². The summed E-state index contributed by atoms with van der Waals surface area (Å²) >= 11 is 0. The highest BCUT2D eigenvalue weighted by Gasteiger charge is 2.13. The van der Waals surface area contributed by atoms with Crippen molar-refractivity contribution in [2.75, 3.05) is 13.2 Å². The van der Waals surface area contributed by atoms with Crippen molar-refractivity contribution in [2.45, 2.75) is 13.1 Å². The minimum atomic E-state index is -1.82. The van der Waals surface area contributed by atoms with E-state index in [2.05, 4.69) is 27.2 Å². The number of halogens is 1. The summed E-state index contributed by atoms with van der Waals surface area (Å²) in [5.41, 5.74) is 3.99. The number of aromatic amines is 1. The molecule has 0 aliphatic rings. The Kier molecular flexibility index (Phi) is 8.67. The van der Waals surface area contributed by atoms with Crippen LogP contribution in [0.2, 0.25) is 0 Å². The van der Waals surface area contributed by atoms with Gasteiger partial charge < -0.3 is 15.3 Å². The molecule has 0 amide bonds. The van der Waals surface area contributed by atoms with E-state index in [1.807, 2.05) is 18.2 Å². The van der Waals surface area contributed by atoms with Crippen LogP contribution in [0.1, 0.15) is 11.1 Å². The Balaban J connectivity index is 0.000000469. The number of rotatable bonds is 7. The molecule has 0 spiro atoms. The number of hydrogen-bond acceptors (Lipinski definition) is 5. The number of benzene rings is 2. The van der Waals surface area contributed by atoms with Crippen LogP contribution in [0.25, 0.3) is 11.3 Å². The van der Waals surface area contributed by atoms with Crippen molar-refractivity contribution in [1.29, 1.82) is 0 Å². The number of aliphatic hydroxyl groups is 1. The zero-order chi connectivity index (χ0) is 21.9. The fraction of sp³-hybridized carbons (Fsp3) is 0.190. The first-order chi connectivity index (χ1) is 14.4. The van der Waals surface area contributed by atoms with Crippen LogP contribution in [-0.4, -0.2) is 55.5 Å². The average molecular weight is 415 g/mol. The molecule has 1 aromatic heterocycles. The minimum absolute atomic E-state index is 0.0938. The fourth-order valence-electron chi connectivity index (χ4n) is 2.74. The van der Waals surface area contributed by atoms with Crippen LogP contribution in [0, 0.1) is 5.82 Å². The number of aliphatic carboxylic acids is 2. The van der Waals surface area contributed by atoms with Gasteiger partial charge in [0, 0.05) is 30.8 Å². The first-order valence-electron chi connectivity index (χ1n) is 9.02. The first-order valence-corrected chi connectivity index (χ1v) is 9.02. The van der Waals surface area contributed by atoms with E-state index >= 15 is 0 Å².